The van der Waals surface area contributed by atoms with Crippen LogP contribution in [0.3, 0.4) is 0 Å². The molecule has 0 aromatic rings. The second-order valence-corrected chi connectivity index (χ2v) is 6.47. The Morgan fingerprint density at radius 3 is 2.72 bits per heavy atom. The molecule has 4 heteroatoms. The topological polar surface area (TPSA) is 64.4 Å². The van der Waals surface area contributed by atoms with Gasteiger partial charge in [0, 0.05) is 13.0 Å². The molecule has 4 nitrogen and oxygen atoms in total. The van der Waals surface area contributed by atoms with Gasteiger partial charge in [-0.2, -0.15) is 0 Å². The number of carbonyl (C=O) groups is 1. The quantitative estimate of drug-likeness (QED) is 0.762. The molecule has 1 fully saturated rings. The van der Waals surface area contributed by atoms with Gasteiger partial charge in [-0.3, -0.25) is 4.79 Å². The van der Waals surface area contributed by atoms with Gasteiger partial charge >= 0.3 is 0 Å². The van der Waals surface area contributed by atoms with E-state index in [2.05, 4.69) is 26.1 Å². The van der Waals surface area contributed by atoms with Gasteiger partial charge in [-0.1, -0.05) is 13.8 Å². The maximum Gasteiger partial charge on any atom is 0.220 e. The minimum atomic E-state index is -0.173. The molecule has 1 atom stereocenters. The van der Waals surface area contributed by atoms with Crippen LogP contribution in [0.15, 0.2) is 0 Å². The minimum absolute atomic E-state index is 0.132. The molecule has 106 valence electrons. The van der Waals surface area contributed by atoms with Gasteiger partial charge in [0.2, 0.25) is 5.91 Å². The van der Waals surface area contributed by atoms with Crippen LogP contribution in [0.5, 0.6) is 0 Å². The molecule has 3 N–H and O–H groups in total. The molecule has 1 heterocycles. The fourth-order valence-electron chi connectivity index (χ4n) is 2.40. The first-order chi connectivity index (χ1) is 8.37. The molecule has 1 unspecified atom stereocenters. The summed E-state index contributed by atoms with van der Waals surface area (Å²) < 4.78 is 5.44. The molecule has 0 aromatic carbocycles. The molecule has 0 bridgehead atoms. The van der Waals surface area contributed by atoms with E-state index in [9.17, 15) is 4.79 Å². The maximum atomic E-state index is 12.0. The van der Waals surface area contributed by atoms with E-state index in [1.807, 2.05) is 0 Å². The molecule has 1 saturated heterocycles. The van der Waals surface area contributed by atoms with E-state index in [1.165, 1.54) is 0 Å². The van der Waals surface area contributed by atoms with Gasteiger partial charge < -0.3 is 15.8 Å². The van der Waals surface area contributed by atoms with Crippen LogP contribution in [-0.4, -0.2) is 31.2 Å². The van der Waals surface area contributed by atoms with E-state index >= 15 is 0 Å². The Labute approximate surface area is 111 Å². The lowest BCUT2D eigenvalue weighted by Gasteiger charge is -2.34. The Morgan fingerprint density at radius 1 is 1.44 bits per heavy atom. The minimum Gasteiger partial charge on any atom is -0.379 e. The molecule has 0 saturated carbocycles. The second kappa shape index (κ2) is 6.53. The van der Waals surface area contributed by atoms with Crippen molar-refractivity contribution in [2.75, 3.05) is 19.8 Å². The van der Waals surface area contributed by atoms with Crippen LogP contribution in [0, 0.1) is 5.41 Å². The predicted octanol–water partition coefficient (Wildman–Crippen LogP) is 1.83. The Bertz CT molecular complexity index is 271. The van der Waals surface area contributed by atoms with Crippen molar-refractivity contribution in [1.82, 2.24) is 5.32 Å². The van der Waals surface area contributed by atoms with Crippen LogP contribution in [0.4, 0.5) is 0 Å². The van der Waals surface area contributed by atoms with E-state index in [1.54, 1.807) is 0 Å². The van der Waals surface area contributed by atoms with Crippen molar-refractivity contribution in [3.05, 3.63) is 0 Å². The molecule has 0 aliphatic carbocycles. The first-order valence-electron chi connectivity index (χ1n) is 6.96. The third-order valence-electron chi connectivity index (χ3n) is 3.73. The molecular formula is C14H28N2O2. The van der Waals surface area contributed by atoms with Crippen LogP contribution in [0.2, 0.25) is 0 Å². The smallest absolute Gasteiger partial charge is 0.220 e. The number of nitrogens with two attached hydrogens (primary N) is 1. The highest BCUT2D eigenvalue weighted by atomic mass is 16.5. The number of nitrogens with one attached hydrogen (secondary N) is 1. The molecule has 1 rings (SSSR count). The Morgan fingerprint density at radius 2 is 2.17 bits per heavy atom. The van der Waals surface area contributed by atoms with Gasteiger partial charge in [-0.05, 0) is 44.6 Å². The zero-order chi connectivity index (χ0) is 13.6. The lowest BCUT2D eigenvalue weighted by molar-refractivity contribution is -0.125. The van der Waals surface area contributed by atoms with Crippen LogP contribution in [0.25, 0.3) is 0 Å². The molecular weight excluding hydrogens is 228 g/mol. The molecule has 0 spiro atoms. The molecule has 1 aliphatic rings. The number of ether oxygens (including phenoxy) is 1. The summed E-state index contributed by atoms with van der Waals surface area (Å²) in [5, 5.41) is 3.11. The van der Waals surface area contributed by atoms with Crippen LogP contribution in [-0.2, 0) is 9.53 Å². The first kappa shape index (κ1) is 15.4. The summed E-state index contributed by atoms with van der Waals surface area (Å²) in [6.07, 6.45) is 4.44. The van der Waals surface area contributed by atoms with Gasteiger partial charge in [0.25, 0.3) is 0 Å². The Balaban J connectivity index is 2.32. The largest absolute Gasteiger partial charge is 0.379 e. The molecule has 0 radical (unpaired) electrons. The van der Waals surface area contributed by atoms with Crippen molar-refractivity contribution in [1.29, 1.82) is 0 Å². The van der Waals surface area contributed by atoms with E-state index in [0.717, 1.165) is 32.3 Å². The summed E-state index contributed by atoms with van der Waals surface area (Å²) >= 11 is 0. The first-order valence-corrected chi connectivity index (χ1v) is 6.96. The van der Waals surface area contributed by atoms with E-state index in [-0.39, 0.29) is 16.9 Å². The van der Waals surface area contributed by atoms with Gasteiger partial charge in [0.15, 0.2) is 0 Å². The van der Waals surface area contributed by atoms with Gasteiger partial charge in [-0.25, -0.2) is 0 Å². The third kappa shape index (κ3) is 5.36. The zero-order valence-corrected chi connectivity index (χ0v) is 12.1. The fraction of sp³-hybridized carbons (Fsp3) is 0.929. The molecule has 1 amide bonds. The summed E-state index contributed by atoms with van der Waals surface area (Å²) in [6, 6.07) is 0. The molecule has 0 aromatic heterocycles. The number of carbonyl (C=O) groups excluding carboxylic acids is 1. The van der Waals surface area contributed by atoms with Crippen molar-refractivity contribution in [3.8, 4) is 0 Å². The summed E-state index contributed by atoms with van der Waals surface area (Å²) in [7, 11) is 0. The highest BCUT2D eigenvalue weighted by molar-refractivity contribution is 5.76. The lowest BCUT2D eigenvalue weighted by atomic mass is 9.84. The lowest BCUT2D eigenvalue weighted by Crippen LogP contribution is -2.51. The standard InChI is InChI=1S/C14H28N2O2/c1-13(2,8-9-15)7-5-12(17)16-14(3)6-4-10-18-11-14/h4-11,15H2,1-3H3,(H,16,17). The van der Waals surface area contributed by atoms with Crippen molar-refractivity contribution in [2.24, 2.45) is 11.1 Å². The maximum absolute atomic E-state index is 12.0. The Hall–Kier alpha value is -0.610. The van der Waals surface area contributed by atoms with Crippen molar-refractivity contribution < 1.29 is 9.53 Å². The number of hydrogen-bond donors (Lipinski definition) is 2. The summed E-state index contributed by atoms with van der Waals surface area (Å²) in [5.74, 6) is 0.132. The summed E-state index contributed by atoms with van der Waals surface area (Å²) in [4.78, 5) is 12.0. The highest BCUT2D eigenvalue weighted by Crippen LogP contribution is 2.26. The number of hydrogen-bond acceptors (Lipinski definition) is 3. The normalized spacial score (nSPS) is 24.9. The average molecular weight is 256 g/mol. The monoisotopic (exact) mass is 256 g/mol. The van der Waals surface area contributed by atoms with Crippen LogP contribution >= 0.6 is 0 Å². The number of amides is 1. The van der Waals surface area contributed by atoms with Gasteiger partial charge in [0.1, 0.15) is 0 Å². The van der Waals surface area contributed by atoms with E-state index < -0.39 is 0 Å². The van der Waals surface area contributed by atoms with Crippen molar-refractivity contribution in [3.63, 3.8) is 0 Å². The van der Waals surface area contributed by atoms with Crippen molar-refractivity contribution in [2.45, 2.75) is 58.4 Å². The molecule has 1 aliphatic heterocycles. The summed E-state index contributed by atoms with van der Waals surface area (Å²) in [6.45, 7) is 8.52. The van der Waals surface area contributed by atoms with E-state index in [4.69, 9.17) is 10.5 Å². The molecule has 18 heavy (non-hydrogen) atoms. The predicted molar refractivity (Wildman–Crippen MR) is 73.3 cm³/mol. The van der Waals surface area contributed by atoms with Gasteiger partial charge in [-0.15, -0.1) is 0 Å². The summed E-state index contributed by atoms with van der Waals surface area (Å²) in [5.41, 5.74) is 5.55. The third-order valence-corrected chi connectivity index (χ3v) is 3.73. The highest BCUT2D eigenvalue weighted by Gasteiger charge is 2.29. The fourth-order valence-corrected chi connectivity index (χ4v) is 2.40. The SMILES string of the molecule is CC(C)(CCN)CCC(=O)NC1(C)CCCOC1. The average Bonchev–Trinajstić information content (AvgIpc) is 2.27. The second-order valence-electron chi connectivity index (χ2n) is 6.47. The Kier molecular flexibility index (Phi) is 5.60. The van der Waals surface area contributed by atoms with Crippen LogP contribution < -0.4 is 11.1 Å². The zero-order valence-electron chi connectivity index (χ0n) is 12.1. The van der Waals surface area contributed by atoms with Gasteiger partial charge in [0.05, 0.1) is 12.1 Å². The number of rotatable bonds is 6. The van der Waals surface area contributed by atoms with Crippen LogP contribution in [0.1, 0.15) is 52.9 Å². The van der Waals surface area contributed by atoms with E-state index in [0.29, 0.717) is 19.6 Å². The van der Waals surface area contributed by atoms with Crippen molar-refractivity contribution >= 4 is 5.91 Å².